The summed E-state index contributed by atoms with van der Waals surface area (Å²) in [5.74, 6) is 0.872. The van der Waals surface area contributed by atoms with Gasteiger partial charge in [0, 0.05) is 31.5 Å². The number of rotatable bonds is 10. The van der Waals surface area contributed by atoms with Gasteiger partial charge in [-0.2, -0.15) is 0 Å². The van der Waals surface area contributed by atoms with Crippen molar-refractivity contribution in [3.63, 3.8) is 0 Å². The van der Waals surface area contributed by atoms with Crippen LogP contribution in [0.1, 0.15) is 54.7 Å². The fourth-order valence-corrected chi connectivity index (χ4v) is 3.52. The maximum Gasteiger partial charge on any atom is 0.257 e. The van der Waals surface area contributed by atoms with Gasteiger partial charge < -0.3 is 19.7 Å². The van der Waals surface area contributed by atoms with Crippen LogP contribution in [0.25, 0.3) is 0 Å². The third-order valence-corrected chi connectivity index (χ3v) is 4.99. The van der Waals surface area contributed by atoms with E-state index in [0.29, 0.717) is 25.3 Å². The molecule has 0 aliphatic carbocycles. The van der Waals surface area contributed by atoms with E-state index in [4.69, 9.17) is 9.47 Å². The molecule has 5 nitrogen and oxygen atoms in total. The zero-order valence-corrected chi connectivity index (χ0v) is 16.8. The predicted molar refractivity (Wildman–Crippen MR) is 112 cm³/mol. The molecule has 1 heterocycles. The lowest BCUT2D eigenvalue weighted by Gasteiger charge is -2.38. The summed E-state index contributed by atoms with van der Waals surface area (Å²) >= 11 is 0. The number of nitrogens with one attached hydrogen (secondary N) is 1. The fraction of sp³-hybridized carbons (Fsp3) is 0.435. The van der Waals surface area contributed by atoms with Crippen LogP contribution < -0.4 is 10.1 Å². The molecule has 0 aromatic heterocycles. The minimum Gasteiger partial charge on any atom is -0.493 e. The summed E-state index contributed by atoms with van der Waals surface area (Å²) in [6.07, 6.45) is 3.86. The van der Waals surface area contributed by atoms with Gasteiger partial charge >= 0.3 is 0 Å². The van der Waals surface area contributed by atoms with Crippen molar-refractivity contribution in [3.8, 4) is 5.75 Å². The molecule has 0 saturated heterocycles. The number of anilines is 1. The minimum absolute atomic E-state index is 0.0382. The number of hydrogen-bond acceptors (Lipinski definition) is 4. The quantitative estimate of drug-likeness (QED) is 0.596. The van der Waals surface area contributed by atoms with Gasteiger partial charge in [0.2, 0.25) is 0 Å². The van der Waals surface area contributed by atoms with Gasteiger partial charge in [0.25, 0.3) is 5.91 Å². The Morgan fingerprint density at radius 3 is 2.61 bits per heavy atom. The van der Waals surface area contributed by atoms with Crippen LogP contribution in [-0.4, -0.2) is 37.7 Å². The number of benzene rings is 2. The summed E-state index contributed by atoms with van der Waals surface area (Å²) in [6.45, 7) is 4.10. The van der Waals surface area contributed by atoms with Crippen LogP contribution in [0.15, 0.2) is 48.5 Å². The second-order valence-corrected chi connectivity index (χ2v) is 7.03. The summed E-state index contributed by atoms with van der Waals surface area (Å²) in [5.41, 5.74) is 2.55. The third kappa shape index (κ3) is 4.65. The molecule has 0 spiro atoms. The van der Waals surface area contributed by atoms with Crippen molar-refractivity contribution in [1.29, 1.82) is 0 Å². The number of hydrogen-bond donors (Lipinski definition) is 1. The van der Waals surface area contributed by atoms with E-state index in [-0.39, 0.29) is 12.1 Å². The zero-order valence-electron chi connectivity index (χ0n) is 16.8. The lowest BCUT2D eigenvalue weighted by atomic mass is 10.0. The van der Waals surface area contributed by atoms with Crippen LogP contribution in [-0.2, 0) is 4.74 Å². The van der Waals surface area contributed by atoms with Crippen LogP contribution in [0.4, 0.5) is 5.69 Å². The number of amides is 1. The van der Waals surface area contributed by atoms with E-state index in [2.05, 4.69) is 12.2 Å². The zero-order chi connectivity index (χ0) is 19.8. The normalized spacial score (nSPS) is 15.9. The van der Waals surface area contributed by atoms with Crippen LogP contribution >= 0.6 is 0 Å². The second-order valence-electron chi connectivity index (χ2n) is 7.03. The van der Waals surface area contributed by atoms with Crippen molar-refractivity contribution in [2.24, 2.45) is 0 Å². The molecule has 1 amide bonds. The van der Waals surface area contributed by atoms with Crippen molar-refractivity contribution >= 4 is 11.6 Å². The predicted octanol–water partition coefficient (Wildman–Crippen LogP) is 4.86. The van der Waals surface area contributed by atoms with Crippen molar-refractivity contribution in [3.05, 3.63) is 59.7 Å². The molecule has 3 rings (SSSR count). The number of fused-ring (bicyclic) bond motifs is 1. The Morgan fingerprint density at radius 2 is 1.79 bits per heavy atom. The standard InChI is InChI=1S/C23H30N2O3/c1-3-4-9-17-28-21-14-8-6-12-19(21)22-24-20-13-7-5-11-18(20)23(26)25(22)15-10-16-27-2/h5-8,11-14,22,24H,3-4,9-10,15-17H2,1-2H3. The molecule has 1 aliphatic rings. The van der Waals surface area contributed by atoms with E-state index in [0.717, 1.165) is 42.7 Å². The first kappa shape index (κ1) is 20.2. The molecular formula is C23H30N2O3. The highest BCUT2D eigenvalue weighted by atomic mass is 16.5. The fourth-order valence-electron chi connectivity index (χ4n) is 3.52. The first-order valence-electron chi connectivity index (χ1n) is 10.1. The lowest BCUT2D eigenvalue weighted by molar-refractivity contribution is 0.0657. The number of carbonyl (C=O) groups is 1. The van der Waals surface area contributed by atoms with Crippen LogP contribution in [0.5, 0.6) is 5.75 Å². The Labute approximate surface area is 167 Å². The summed E-state index contributed by atoms with van der Waals surface area (Å²) < 4.78 is 11.3. The summed E-state index contributed by atoms with van der Waals surface area (Å²) in [5, 5.41) is 3.55. The Balaban J connectivity index is 1.88. The lowest BCUT2D eigenvalue weighted by Crippen LogP contribution is -2.43. The van der Waals surface area contributed by atoms with Crippen molar-refractivity contribution in [2.45, 2.75) is 38.8 Å². The molecule has 0 saturated carbocycles. The maximum absolute atomic E-state index is 13.2. The molecule has 2 aromatic carbocycles. The number of ether oxygens (including phenoxy) is 2. The van der Waals surface area contributed by atoms with Gasteiger partial charge in [-0.05, 0) is 31.0 Å². The average molecular weight is 383 g/mol. The van der Waals surface area contributed by atoms with Gasteiger partial charge in [0.1, 0.15) is 11.9 Å². The highest BCUT2D eigenvalue weighted by molar-refractivity contribution is 6.01. The second kappa shape index (κ2) is 10.1. The van der Waals surface area contributed by atoms with E-state index in [1.54, 1.807) is 7.11 Å². The van der Waals surface area contributed by atoms with Crippen LogP contribution in [0, 0.1) is 0 Å². The molecule has 28 heavy (non-hydrogen) atoms. The Morgan fingerprint density at radius 1 is 1.00 bits per heavy atom. The van der Waals surface area contributed by atoms with Gasteiger partial charge in [-0.1, -0.05) is 50.1 Å². The van der Waals surface area contributed by atoms with Crippen molar-refractivity contribution in [2.75, 3.05) is 32.2 Å². The third-order valence-electron chi connectivity index (χ3n) is 4.99. The van der Waals surface area contributed by atoms with Gasteiger partial charge in [0.15, 0.2) is 0 Å². The van der Waals surface area contributed by atoms with Crippen LogP contribution in [0.3, 0.4) is 0 Å². The molecule has 2 aromatic rings. The molecule has 1 aliphatic heterocycles. The molecule has 1 unspecified atom stereocenters. The van der Waals surface area contributed by atoms with Crippen molar-refractivity contribution < 1.29 is 14.3 Å². The Hall–Kier alpha value is -2.53. The molecule has 1 atom stereocenters. The SMILES string of the molecule is CCCCCOc1ccccc1C1Nc2ccccc2C(=O)N1CCCOC. The maximum atomic E-state index is 13.2. The highest BCUT2D eigenvalue weighted by Gasteiger charge is 2.33. The first-order chi connectivity index (χ1) is 13.8. The van der Waals surface area contributed by atoms with E-state index in [1.807, 2.05) is 53.4 Å². The van der Waals surface area contributed by atoms with E-state index in [9.17, 15) is 4.79 Å². The summed E-state index contributed by atoms with van der Waals surface area (Å²) in [7, 11) is 1.68. The number of methoxy groups -OCH3 is 1. The molecule has 0 fully saturated rings. The van der Waals surface area contributed by atoms with E-state index >= 15 is 0 Å². The summed E-state index contributed by atoms with van der Waals surface area (Å²) in [6, 6.07) is 15.7. The molecule has 150 valence electrons. The van der Waals surface area contributed by atoms with E-state index in [1.165, 1.54) is 0 Å². The average Bonchev–Trinajstić information content (AvgIpc) is 2.73. The monoisotopic (exact) mass is 382 g/mol. The molecule has 0 bridgehead atoms. The molecule has 1 N–H and O–H groups in total. The van der Waals surface area contributed by atoms with Crippen molar-refractivity contribution in [1.82, 2.24) is 4.90 Å². The number of para-hydroxylation sites is 2. The topological polar surface area (TPSA) is 50.8 Å². The number of unbranched alkanes of at least 4 members (excludes halogenated alkanes) is 2. The van der Waals surface area contributed by atoms with Gasteiger partial charge in [0.05, 0.1) is 12.2 Å². The largest absolute Gasteiger partial charge is 0.493 e. The summed E-state index contributed by atoms with van der Waals surface area (Å²) in [4.78, 5) is 15.1. The smallest absolute Gasteiger partial charge is 0.257 e. The van der Waals surface area contributed by atoms with Gasteiger partial charge in [-0.3, -0.25) is 4.79 Å². The Kier molecular flexibility index (Phi) is 7.31. The Bertz CT molecular complexity index is 778. The van der Waals surface area contributed by atoms with Gasteiger partial charge in [-0.15, -0.1) is 0 Å². The minimum atomic E-state index is -0.262. The highest BCUT2D eigenvalue weighted by Crippen LogP contribution is 2.36. The molecule has 5 heteroatoms. The molecular weight excluding hydrogens is 352 g/mol. The molecule has 0 radical (unpaired) electrons. The number of nitrogens with zero attached hydrogens (tertiary/aromatic N) is 1. The first-order valence-corrected chi connectivity index (χ1v) is 10.1. The van der Waals surface area contributed by atoms with Crippen LogP contribution in [0.2, 0.25) is 0 Å². The number of carbonyl (C=O) groups excluding carboxylic acids is 1. The van der Waals surface area contributed by atoms with E-state index < -0.39 is 0 Å². The van der Waals surface area contributed by atoms with Gasteiger partial charge in [-0.25, -0.2) is 0 Å².